The van der Waals surface area contributed by atoms with Gasteiger partial charge in [0.1, 0.15) is 4.88 Å². The quantitative estimate of drug-likeness (QED) is 0.615. The minimum absolute atomic E-state index is 0.0386. The molecule has 0 aliphatic heterocycles. The molecule has 1 aliphatic carbocycles. The van der Waals surface area contributed by atoms with Crippen LogP contribution < -0.4 is 10.6 Å². The standard InChI is InChI=1S/C21H25N3O4S/c1-3-28-21(27)20-16(11-17(29-20)14-7-5-4-6-8-14)23-19(26)13-24(2)12-18(25)22-15-9-10-15/h4-8,11,15H,3,9-10,12-13H2,1-2H3,(H,22,25)(H,23,26). The van der Waals surface area contributed by atoms with Gasteiger partial charge in [0.2, 0.25) is 11.8 Å². The normalized spacial score (nSPS) is 13.2. The number of esters is 1. The molecule has 29 heavy (non-hydrogen) atoms. The highest BCUT2D eigenvalue weighted by Crippen LogP contribution is 2.35. The molecule has 1 heterocycles. The highest BCUT2D eigenvalue weighted by molar-refractivity contribution is 7.18. The van der Waals surface area contributed by atoms with Gasteiger partial charge in [-0.3, -0.25) is 14.5 Å². The van der Waals surface area contributed by atoms with E-state index in [1.807, 2.05) is 30.3 Å². The first-order valence-electron chi connectivity index (χ1n) is 9.60. The van der Waals surface area contributed by atoms with Gasteiger partial charge in [-0.05, 0) is 38.4 Å². The van der Waals surface area contributed by atoms with Crippen LogP contribution in [0.2, 0.25) is 0 Å². The van der Waals surface area contributed by atoms with E-state index in [1.165, 1.54) is 11.3 Å². The highest BCUT2D eigenvalue weighted by atomic mass is 32.1. The second-order valence-electron chi connectivity index (χ2n) is 7.00. The molecule has 154 valence electrons. The molecule has 0 bridgehead atoms. The Morgan fingerprint density at radius 1 is 1.14 bits per heavy atom. The average molecular weight is 416 g/mol. The minimum atomic E-state index is -0.466. The van der Waals surface area contributed by atoms with Crippen molar-refractivity contribution in [3.8, 4) is 10.4 Å². The van der Waals surface area contributed by atoms with E-state index in [4.69, 9.17) is 4.74 Å². The maximum Gasteiger partial charge on any atom is 0.350 e. The predicted molar refractivity (Wildman–Crippen MR) is 113 cm³/mol. The molecule has 0 unspecified atom stereocenters. The SMILES string of the molecule is CCOC(=O)c1sc(-c2ccccc2)cc1NC(=O)CN(C)CC(=O)NC1CC1. The van der Waals surface area contributed by atoms with Crippen LogP contribution in [0.4, 0.5) is 5.69 Å². The summed E-state index contributed by atoms with van der Waals surface area (Å²) in [6.45, 7) is 2.18. The Balaban J connectivity index is 1.67. The van der Waals surface area contributed by atoms with Gasteiger partial charge in [-0.2, -0.15) is 0 Å². The summed E-state index contributed by atoms with van der Waals surface area (Å²) >= 11 is 1.28. The second kappa shape index (κ2) is 9.67. The van der Waals surface area contributed by atoms with Crippen molar-refractivity contribution >= 4 is 34.8 Å². The van der Waals surface area contributed by atoms with E-state index in [0.717, 1.165) is 23.3 Å². The Hall–Kier alpha value is -2.71. The van der Waals surface area contributed by atoms with E-state index in [0.29, 0.717) is 16.6 Å². The summed E-state index contributed by atoms with van der Waals surface area (Å²) in [7, 11) is 1.71. The van der Waals surface area contributed by atoms with E-state index in [1.54, 1.807) is 24.9 Å². The van der Waals surface area contributed by atoms with Crippen molar-refractivity contribution in [2.24, 2.45) is 0 Å². The molecular weight excluding hydrogens is 390 g/mol. The van der Waals surface area contributed by atoms with Gasteiger partial charge in [0.05, 0.1) is 25.4 Å². The Morgan fingerprint density at radius 2 is 1.83 bits per heavy atom. The van der Waals surface area contributed by atoms with Crippen molar-refractivity contribution < 1.29 is 19.1 Å². The fraction of sp³-hybridized carbons (Fsp3) is 0.381. The number of hydrogen-bond acceptors (Lipinski definition) is 6. The van der Waals surface area contributed by atoms with Crippen molar-refractivity contribution in [2.45, 2.75) is 25.8 Å². The van der Waals surface area contributed by atoms with Crippen LogP contribution in [0.15, 0.2) is 36.4 Å². The van der Waals surface area contributed by atoms with Crippen LogP contribution in [0.5, 0.6) is 0 Å². The van der Waals surface area contributed by atoms with Crippen molar-refractivity contribution in [3.05, 3.63) is 41.3 Å². The van der Waals surface area contributed by atoms with E-state index in [9.17, 15) is 14.4 Å². The average Bonchev–Trinajstić information content (AvgIpc) is 3.38. The lowest BCUT2D eigenvalue weighted by Crippen LogP contribution is -2.39. The summed E-state index contributed by atoms with van der Waals surface area (Å²) in [6.07, 6.45) is 2.04. The molecule has 2 N–H and O–H groups in total. The number of benzene rings is 1. The fourth-order valence-corrected chi connectivity index (χ4v) is 3.83. The lowest BCUT2D eigenvalue weighted by molar-refractivity contribution is -0.123. The zero-order valence-corrected chi connectivity index (χ0v) is 17.4. The Morgan fingerprint density at radius 3 is 2.48 bits per heavy atom. The maximum atomic E-state index is 12.5. The first-order valence-corrected chi connectivity index (χ1v) is 10.4. The van der Waals surface area contributed by atoms with Gasteiger partial charge in [0.25, 0.3) is 0 Å². The van der Waals surface area contributed by atoms with Gasteiger partial charge in [-0.25, -0.2) is 4.79 Å². The minimum Gasteiger partial charge on any atom is -0.462 e. The summed E-state index contributed by atoms with van der Waals surface area (Å²) in [5, 5.41) is 5.69. The van der Waals surface area contributed by atoms with Crippen LogP contribution in [0, 0.1) is 0 Å². The van der Waals surface area contributed by atoms with E-state index in [2.05, 4.69) is 10.6 Å². The number of likely N-dealkylation sites (N-methyl/N-ethyl adjacent to an activating group) is 1. The number of nitrogens with zero attached hydrogens (tertiary/aromatic N) is 1. The zero-order valence-electron chi connectivity index (χ0n) is 16.6. The number of carbonyl (C=O) groups excluding carboxylic acids is 3. The lowest BCUT2D eigenvalue weighted by atomic mass is 10.2. The largest absolute Gasteiger partial charge is 0.462 e. The number of carbonyl (C=O) groups is 3. The third kappa shape index (κ3) is 6.13. The van der Waals surface area contributed by atoms with E-state index < -0.39 is 5.97 Å². The van der Waals surface area contributed by atoms with Gasteiger partial charge in [0, 0.05) is 10.9 Å². The lowest BCUT2D eigenvalue weighted by Gasteiger charge is -2.16. The zero-order chi connectivity index (χ0) is 20.8. The van der Waals surface area contributed by atoms with E-state index >= 15 is 0 Å². The molecule has 1 aromatic heterocycles. The van der Waals surface area contributed by atoms with Crippen LogP contribution in [-0.2, 0) is 14.3 Å². The van der Waals surface area contributed by atoms with Crippen molar-refractivity contribution in [2.75, 3.05) is 32.1 Å². The number of rotatable bonds is 9. The molecule has 1 saturated carbocycles. The number of thiophene rings is 1. The summed E-state index contributed by atoms with van der Waals surface area (Å²) in [5.74, 6) is -0.848. The molecule has 1 fully saturated rings. The molecule has 7 nitrogen and oxygen atoms in total. The smallest absolute Gasteiger partial charge is 0.350 e. The monoisotopic (exact) mass is 415 g/mol. The molecule has 0 saturated heterocycles. The second-order valence-corrected chi connectivity index (χ2v) is 8.05. The van der Waals surface area contributed by atoms with Crippen LogP contribution in [0.3, 0.4) is 0 Å². The third-order valence-corrected chi connectivity index (χ3v) is 5.46. The maximum absolute atomic E-state index is 12.5. The fourth-order valence-electron chi connectivity index (χ4n) is 2.81. The van der Waals surface area contributed by atoms with Crippen LogP contribution >= 0.6 is 11.3 Å². The molecule has 8 heteroatoms. The molecule has 0 atom stereocenters. The number of ether oxygens (including phenoxy) is 1. The van der Waals surface area contributed by atoms with Crippen molar-refractivity contribution in [1.29, 1.82) is 0 Å². The Bertz CT molecular complexity index is 877. The van der Waals surface area contributed by atoms with Crippen LogP contribution in [-0.4, -0.2) is 55.5 Å². The number of nitrogens with one attached hydrogen (secondary N) is 2. The van der Waals surface area contributed by atoms with Gasteiger partial charge in [0.15, 0.2) is 0 Å². The summed E-state index contributed by atoms with van der Waals surface area (Å²) in [5.41, 5.74) is 1.38. The molecule has 3 rings (SSSR count). The third-order valence-electron chi connectivity index (χ3n) is 4.29. The summed E-state index contributed by atoms with van der Waals surface area (Å²) in [6, 6.07) is 11.7. The van der Waals surface area contributed by atoms with Gasteiger partial charge in [-0.1, -0.05) is 30.3 Å². The Kier molecular flexibility index (Phi) is 7.00. The topological polar surface area (TPSA) is 87.7 Å². The van der Waals surface area contributed by atoms with Gasteiger partial charge in [-0.15, -0.1) is 11.3 Å². The number of anilines is 1. The van der Waals surface area contributed by atoms with Gasteiger partial charge >= 0.3 is 5.97 Å². The predicted octanol–water partition coefficient (Wildman–Crippen LogP) is 2.74. The first kappa shape index (κ1) is 21.0. The molecule has 0 radical (unpaired) electrons. The number of hydrogen-bond donors (Lipinski definition) is 2. The van der Waals surface area contributed by atoms with Crippen molar-refractivity contribution in [3.63, 3.8) is 0 Å². The summed E-state index contributed by atoms with van der Waals surface area (Å²) in [4.78, 5) is 39.6. The van der Waals surface area contributed by atoms with E-state index in [-0.39, 0.29) is 31.5 Å². The molecule has 1 aliphatic rings. The van der Waals surface area contributed by atoms with Gasteiger partial charge < -0.3 is 15.4 Å². The summed E-state index contributed by atoms with van der Waals surface area (Å²) < 4.78 is 5.13. The number of amides is 2. The van der Waals surface area contributed by atoms with Crippen LogP contribution in [0.1, 0.15) is 29.4 Å². The molecule has 2 aromatic rings. The Labute approximate surface area is 174 Å². The van der Waals surface area contributed by atoms with Crippen LogP contribution in [0.25, 0.3) is 10.4 Å². The molecular formula is C21H25N3O4S. The molecule has 0 spiro atoms. The van der Waals surface area contributed by atoms with Crippen molar-refractivity contribution in [1.82, 2.24) is 10.2 Å². The highest BCUT2D eigenvalue weighted by Gasteiger charge is 2.24. The molecule has 1 aromatic carbocycles. The molecule has 2 amide bonds. The first-order chi connectivity index (χ1) is 14.0.